The van der Waals surface area contributed by atoms with Crippen molar-refractivity contribution in [2.45, 2.75) is 0 Å². The molecule has 0 fully saturated rings. The Morgan fingerprint density at radius 3 is 2.33 bits per heavy atom. The highest BCUT2D eigenvalue weighted by atomic mass is 32.1. The maximum Gasteiger partial charge on any atom is 0.268 e. The van der Waals surface area contributed by atoms with E-state index in [1.807, 2.05) is 0 Å². The molecule has 0 bridgehead atoms. The first-order valence-electron chi connectivity index (χ1n) is 1.12. The fourth-order valence-corrected chi connectivity index (χ4v) is 0.0548. The molecule has 0 atom stereocenters. The molecule has 0 rings (SSSR count). The molecule has 0 aliphatic carbocycles. The number of nitrogens with zero attached hydrogens (tertiary/aromatic N) is 2. The van der Waals surface area contributed by atoms with Crippen LogP contribution >= 0.6 is 12.8 Å². The number of thiol groups is 1. The first kappa shape index (κ1) is 5.42. The molecule has 5 heteroatoms. The summed E-state index contributed by atoms with van der Waals surface area (Å²) in [7, 11) is 0. The summed E-state index contributed by atoms with van der Waals surface area (Å²) in [4.78, 5) is 9.18. The number of guanidine groups is 1. The van der Waals surface area contributed by atoms with Crippen LogP contribution in [0.3, 0.4) is 0 Å². The molecule has 34 valence electrons. The molecule has 0 heterocycles. The molecule has 0 aliphatic heterocycles. The Balaban J connectivity index is 3.50. The Morgan fingerprint density at radius 2 is 2.33 bits per heavy atom. The Labute approximate surface area is 40.0 Å². The van der Waals surface area contributed by atoms with Gasteiger partial charge in [0.25, 0.3) is 5.96 Å². The Bertz CT molecular complexity index is 78.9. The average Bonchev–Trinajstić information content (AvgIpc) is 1.65. The van der Waals surface area contributed by atoms with Crippen molar-refractivity contribution in [1.82, 2.24) is 0 Å². The minimum absolute atomic E-state index is 0.349. The van der Waals surface area contributed by atoms with E-state index in [1.54, 1.807) is 0 Å². The van der Waals surface area contributed by atoms with E-state index in [2.05, 4.69) is 28.1 Å². The van der Waals surface area contributed by atoms with Gasteiger partial charge in [0.15, 0.2) is 0 Å². The summed E-state index contributed by atoms with van der Waals surface area (Å²) in [6.45, 7) is 0. The van der Waals surface area contributed by atoms with Crippen molar-refractivity contribution in [1.29, 1.82) is 0 Å². The molecule has 0 unspecified atom stereocenters. The Kier molecular flexibility index (Phi) is 2.39. The van der Waals surface area contributed by atoms with Crippen LogP contribution in [0, 0.1) is 4.91 Å². The van der Waals surface area contributed by atoms with Gasteiger partial charge in [0, 0.05) is 5.18 Å². The van der Waals surface area contributed by atoms with Crippen LogP contribution in [-0.4, -0.2) is 5.96 Å². The van der Waals surface area contributed by atoms with Gasteiger partial charge < -0.3 is 5.73 Å². The molecule has 2 N–H and O–H groups in total. The van der Waals surface area contributed by atoms with E-state index in [-0.39, 0.29) is 5.96 Å². The summed E-state index contributed by atoms with van der Waals surface area (Å²) in [6, 6.07) is 0. The molecule has 6 heavy (non-hydrogen) atoms. The van der Waals surface area contributed by atoms with Crippen LogP contribution in [0.5, 0.6) is 0 Å². The molecule has 0 saturated heterocycles. The lowest BCUT2D eigenvalue weighted by atomic mass is 11.1. The van der Waals surface area contributed by atoms with E-state index in [0.29, 0.717) is 0 Å². The van der Waals surface area contributed by atoms with Crippen LogP contribution in [0.25, 0.3) is 0 Å². The van der Waals surface area contributed by atoms with E-state index >= 15 is 0 Å². The third kappa shape index (κ3) is 1.71. The molecule has 0 spiro atoms. The van der Waals surface area contributed by atoms with E-state index < -0.39 is 0 Å². The Morgan fingerprint density at radius 1 is 1.83 bits per heavy atom. The smallest absolute Gasteiger partial charge is 0.268 e. The third-order valence-electron chi connectivity index (χ3n) is 0.196. The molecule has 0 aromatic rings. The van der Waals surface area contributed by atoms with Gasteiger partial charge in [-0.3, -0.25) is 0 Å². The summed E-state index contributed by atoms with van der Waals surface area (Å²) < 4.78 is 2.92. The zero-order chi connectivity index (χ0) is 4.99. The minimum atomic E-state index is -0.349. The molecule has 0 saturated carbocycles. The van der Waals surface area contributed by atoms with Crippen molar-refractivity contribution < 1.29 is 0 Å². The highest BCUT2D eigenvalue weighted by Crippen LogP contribution is 1.72. The summed E-state index contributed by atoms with van der Waals surface area (Å²) in [6.07, 6.45) is 0. The monoisotopic (exact) mass is 105 g/mol. The van der Waals surface area contributed by atoms with Gasteiger partial charge in [-0.1, -0.05) is 0 Å². The van der Waals surface area contributed by atoms with E-state index in [9.17, 15) is 4.91 Å². The summed E-state index contributed by atoms with van der Waals surface area (Å²) >= 11 is 3.26. The van der Waals surface area contributed by atoms with Crippen LogP contribution < -0.4 is 5.73 Å². The fraction of sp³-hybridized carbons (Fsp3) is 0. The van der Waals surface area contributed by atoms with Gasteiger partial charge in [-0.2, -0.15) is 4.40 Å². The lowest BCUT2D eigenvalue weighted by Gasteiger charge is -1.71. The van der Waals surface area contributed by atoms with Gasteiger partial charge in [0.1, 0.15) is 0 Å². The molecule has 0 amide bonds. The highest BCUT2D eigenvalue weighted by Gasteiger charge is 1.77. The predicted octanol–water partition coefficient (Wildman–Crippen LogP) is -0.0877. The molecule has 0 aliphatic rings. The van der Waals surface area contributed by atoms with Gasteiger partial charge in [-0.05, 0) is 12.8 Å². The Hall–Kier alpha value is -0.580. The van der Waals surface area contributed by atoms with Gasteiger partial charge in [-0.25, -0.2) is 0 Å². The van der Waals surface area contributed by atoms with Crippen molar-refractivity contribution in [3.63, 3.8) is 0 Å². The van der Waals surface area contributed by atoms with Gasteiger partial charge in [0.05, 0.1) is 0 Å². The summed E-state index contributed by atoms with van der Waals surface area (Å²) in [5.41, 5.74) is 4.67. The quantitative estimate of drug-likeness (QED) is 0.196. The second-order valence-electron chi connectivity index (χ2n) is 0.549. The topological polar surface area (TPSA) is 67.8 Å². The van der Waals surface area contributed by atoms with Gasteiger partial charge >= 0.3 is 0 Å². The maximum absolute atomic E-state index is 9.18. The van der Waals surface area contributed by atoms with Crippen molar-refractivity contribution in [2.24, 2.45) is 15.3 Å². The number of nitroso groups, excluding NO2 is 1. The zero-order valence-electron chi connectivity index (χ0n) is 2.83. The van der Waals surface area contributed by atoms with Crippen molar-refractivity contribution in [3.8, 4) is 0 Å². The van der Waals surface area contributed by atoms with Crippen molar-refractivity contribution in [3.05, 3.63) is 4.91 Å². The molecule has 0 aromatic heterocycles. The maximum atomic E-state index is 9.18. The van der Waals surface area contributed by atoms with Crippen molar-refractivity contribution >= 4 is 18.8 Å². The normalized spacial score (nSPS) is 11.2. The molecule has 0 aromatic carbocycles. The standard InChI is InChI=1S/CH3N3OS/c2-1(3-5)4-6/h6H,(H2,2,4). The molecular weight excluding hydrogens is 102 g/mol. The van der Waals surface area contributed by atoms with E-state index in [1.165, 1.54) is 0 Å². The number of rotatable bonds is 0. The van der Waals surface area contributed by atoms with Crippen LogP contribution in [0.15, 0.2) is 9.57 Å². The minimum Gasteiger partial charge on any atom is -0.365 e. The largest absolute Gasteiger partial charge is 0.365 e. The predicted molar refractivity (Wildman–Crippen MR) is 26.4 cm³/mol. The highest BCUT2D eigenvalue weighted by molar-refractivity contribution is 7.79. The summed E-state index contributed by atoms with van der Waals surface area (Å²) in [5.74, 6) is -0.349. The van der Waals surface area contributed by atoms with Crippen LogP contribution in [-0.2, 0) is 0 Å². The molecule has 0 radical (unpaired) electrons. The number of hydrogen-bond donors (Lipinski definition) is 2. The fourth-order valence-electron chi connectivity index (χ4n) is 0.0183. The molecular formula is CH3N3OS. The average molecular weight is 105 g/mol. The second-order valence-corrected chi connectivity index (χ2v) is 0.749. The molecule has 4 nitrogen and oxygen atoms in total. The lowest BCUT2D eigenvalue weighted by Crippen LogP contribution is -2.04. The third-order valence-corrected chi connectivity index (χ3v) is 0.401. The van der Waals surface area contributed by atoms with Crippen LogP contribution in [0.4, 0.5) is 0 Å². The van der Waals surface area contributed by atoms with E-state index in [4.69, 9.17) is 0 Å². The summed E-state index contributed by atoms with van der Waals surface area (Å²) in [5, 5.41) is 2.21. The van der Waals surface area contributed by atoms with Crippen molar-refractivity contribution in [2.75, 3.05) is 0 Å². The van der Waals surface area contributed by atoms with Crippen LogP contribution in [0.1, 0.15) is 0 Å². The lowest BCUT2D eigenvalue weighted by molar-refractivity contribution is 1.51. The zero-order valence-corrected chi connectivity index (χ0v) is 3.72. The van der Waals surface area contributed by atoms with Gasteiger partial charge in [-0.15, -0.1) is 4.91 Å². The number of nitrogens with two attached hydrogens (primary N) is 1. The first-order valence-corrected chi connectivity index (χ1v) is 1.52. The van der Waals surface area contributed by atoms with Crippen LogP contribution in [0.2, 0.25) is 0 Å². The number of hydrogen-bond acceptors (Lipinski definition) is 3. The van der Waals surface area contributed by atoms with E-state index in [0.717, 1.165) is 0 Å². The first-order chi connectivity index (χ1) is 2.81. The van der Waals surface area contributed by atoms with Gasteiger partial charge in [0.2, 0.25) is 0 Å². The second kappa shape index (κ2) is 2.65. The SMILES string of the molecule is NC(N=O)=NS.